The Morgan fingerprint density at radius 1 is 0.453 bits per heavy atom. The largest absolute Gasteiger partial charge is 0.462 e. The van der Waals surface area contributed by atoms with Crippen molar-refractivity contribution in [1.82, 2.24) is 5.32 Å². The molecule has 3 atom stereocenters. The number of amides is 1. The Morgan fingerprint density at radius 2 is 0.797 bits per heavy atom. The third-order valence-electron chi connectivity index (χ3n) is 13.0. The fourth-order valence-corrected chi connectivity index (χ4v) is 8.67. The molecule has 0 aromatic rings. The van der Waals surface area contributed by atoms with Crippen molar-refractivity contribution in [1.29, 1.82) is 0 Å². The number of nitrogens with one attached hydrogen (secondary N) is 1. The number of allylic oxidation sites excluding steroid dienone is 6. The van der Waals surface area contributed by atoms with Crippen LogP contribution in [0.3, 0.4) is 0 Å². The quantitative estimate of drug-likeness (QED) is 0.0321. The highest BCUT2D eigenvalue weighted by Crippen LogP contribution is 2.18. The Kier molecular flexibility index (Phi) is 50.5. The fourth-order valence-electron chi connectivity index (χ4n) is 8.67. The molecular weight excluding hydrogens is 791 g/mol. The van der Waals surface area contributed by atoms with Gasteiger partial charge in [-0.2, -0.15) is 0 Å². The minimum atomic E-state index is -0.787. The van der Waals surface area contributed by atoms with Gasteiger partial charge in [0.1, 0.15) is 6.10 Å². The van der Waals surface area contributed by atoms with E-state index in [1.165, 1.54) is 186 Å². The molecule has 0 aromatic heterocycles. The predicted molar refractivity (Wildman–Crippen MR) is 278 cm³/mol. The van der Waals surface area contributed by atoms with Crippen molar-refractivity contribution in [3.8, 4) is 0 Å². The van der Waals surface area contributed by atoms with Gasteiger partial charge in [-0.05, 0) is 64.2 Å². The standard InChI is InChI=1S/C58H109NO5/c1-4-7-10-13-16-19-22-24-26-27-28-29-31-33-36-39-42-45-48-51-58(63)64-54(49-46-43-40-37-34-21-18-15-12-9-6-3)52-57(62)59-55(53-60)56(61)50-47-44-41-38-35-32-30-25-23-20-17-14-11-8-5-2/h16,19,24,26,28-29,54-56,60-61H,4-15,17-18,20-23,25,27,30-53H2,1-3H3,(H,59,62)/b19-16-,26-24-,29-28-. The van der Waals surface area contributed by atoms with E-state index >= 15 is 0 Å². The molecule has 0 bridgehead atoms. The maximum Gasteiger partial charge on any atom is 0.306 e. The third-order valence-corrected chi connectivity index (χ3v) is 13.0. The summed E-state index contributed by atoms with van der Waals surface area (Å²) in [5, 5.41) is 23.8. The van der Waals surface area contributed by atoms with E-state index in [0.29, 0.717) is 19.3 Å². The molecule has 0 saturated carbocycles. The van der Waals surface area contributed by atoms with E-state index in [1.54, 1.807) is 0 Å². The monoisotopic (exact) mass is 900 g/mol. The van der Waals surface area contributed by atoms with Gasteiger partial charge in [0.15, 0.2) is 0 Å². The number of aliphatic hydroxyl groups is 2. The zero-order chi connectivity index (χ0) is 46.7. The molecule has 0 saturated heterocycles. The Hall–Kier alpha value is -1.92. The van der Waals surface area contributed by atoms with Crippen LogP contribution in [0.2, 0.25) is 0 Å². The molecule has 3 unspecified atom stereocenters. The molecule has 376 valence electrons. The lowest BCUT2D eigenvalue weighted by molar-refractivity contribution is -0.151. The van der Waals surface area contributed by atoms with Crippen molar-refractivity contribution in [3.63, 3.8) is 0 Å². The van der Waals surface area contributed by atoms with Crippen LogP contribution in [0.1, 0.15) is 297 Å². The first-order valence-electron chi connectivity index (χ1n) is 28.2. The van der Waals surface area contributed by atoms with Crippen LogP contribution in [0.4, 0.5) is 0 Å². The van der Waals surface area contributed by atoms with Gasteiger partial charge in [0.2, 0.25) is 5.91 Å². The highest BCUT2D eigenvalue weighted by Gasteiger charge is 2.24. The molecule has 0 radical (unpaired) electrons. The van der Waals surface area contributed by atoms with Crippen LogP contribution in [-0.2, 0) is 14.3 Å². The van der Waals surface area contributed by atoms with Crippen molar-refractivity contribution in [2.45, 2.75) is 315 Å². The van der Waals surface area contributed by atoms with Crippen LogP contribution in [0.5, 0.6) is 0 Å². The van der Waals surface area contributed by atoms with Gasteiger partial charge in [0.05, 0.1) is 25.2 Å². The van der Waals surface area contributed by atoms with Gasteiger partial charge in [0.25, 0.3) is 0 Å². The van der Waals surface area contributed by atoms with Crippen LogP contribution in [0, 0.1) is 0 Å². The number of carbonyl (C=O) groups is 2. The lowest BCUT2D eigenvalue weighted by Gasteiger charge is -2.24. The van der Waals surface area contributed by atoms with E-state index in [1.807, 2.05) is 0 Å². The molecule has 0 rings (SSSR count). The second-order valence-corrected chi connectivity index (χ2v) is 19.3. The van der Waals surface area contributed by atoms with Crippen molar-refractivity contribution >= 4 is 11.9 Å². The van der Waals surface area contributed by atoms with Gasteiger partial charge in [0, 0.05) is 6.42 Å². The summed E-state index contributed by atoms with van der Waals surface area (Å²) in [6.07, 6.45) is 62.0. The molecule has 0 fully saturated rings. The SMILES string of the molecule is CCCCC/C=C\C/C=C\C/C=C\CCCCCCCCC(=O)OC(CCCCCCCCCCCCC)CC(=O)NC(CO)C(O)CCCCCCCCCCCCCCCCC. The van der Waals surface area contributed by atoms with Gasteiger partial charge in [-0.25, -0.2) is 0 Å². The lowest BCUT2D eigenvalue weighted by Crippen LogP contribution is -2.46. The number of carbonyl (C=O) groups excluding carboxylic acids is 2. The lowest BCUT2D eigenvalue weighted by atomic mass is 10.0. The van der Waals surface area contributed by atoms with E-state index in [9.17, 15) is 19.8 Å². The second-order valence-electron chi connectivity index (χ2n) is 19.3. The Bertz CT molecular complexity index is 1060. The minimum Gasteiger partial charge on any atom is -0.462 e. The van der Waals surface area contributed by atoms with Crippen molar-refractivity contribution in [2.75, 3.05) is 6.61 Å². The van der Waals surface area contributed by atoms with Gasteiger partial charge < -0.3 is 20.3 Å². The zero-order valence-corrected chi connectivity index (χ0v) is 42.9. The molecule has 64 heavy (non-hydrogen) atoms. The fraction of sp³-hybridized carbons (Fsp3) is 0.862. The first-order valence-corrected chi connectivity index (χ1v) is 28.2. The van der Waals surface area contributed by atoms with Gasteiger partial charge in [-0.15, -0.1) is 0 Å². The van der Waals surface area contributed by atoms with Crippen molar-refractivity contribution < 1.29 is 24.5 Å². The minimum absolute atomic E-state index is 0.0763. The summed E-state index contributed by atoms with van der Waals surface area (Å²) in [6.45, 7) is 6.48. The maximum atomic E-state index is 13.2. The van der Waals surface area contributed by atoms with E-state index in [2.05, 4.69) is 62.5 Å². The highest BCUT2D eigenvalue weighted by molar-refractivity contribution is 5.77. The molecule has 6 nitrogen and oxygen atoms in total. The van der Waals surface area contributed by atoms with Crippen LogP contribution in [-0.4, -0.2) is 46.9 Å². The highest BCUT2D eigenvalue weighted by atomic mass is 16.5. The number of ether oxygens (including phenoxy) is 1. The van der Waals surface area contributed by atoms with E-state index in [-0.39, 0.29) is 24.9 Å². The normalized spacial score (nSPS) is 13.4. The molecule has 0 aliphatic rings. The van der Waals surface area contributed by atoms with Crippen LogP contribution < -0.4 is 5.32 Å². The summed E-state index contributed by atoms with van der Waals surface area (Å²) in [4.78, 5) is 26.2. The Labute approximate surface area is 398 Å². The van der Waals surface area contributed by atoms with Crippen LogP contribution >= 0.6 is 0 Å². The number of unbranched alkanes of at least 4 members (excludes halogenated alkanes) is 33. The number of hydrogen-bond acceptors (Lipinski definition) is 5. The molecule has 1 amide bonds. The van der Waals surface area contributed by atoms with Gasteiger partial charge >= 0.3 is 5.97 Å². The number of esters is 1. The van der Waals surface area contributed by atoms with Crippen molar-refractivity contribution in [3.05, 3.63) is 36.5 Å². The van der Waals surface area contributed by atoms with Gasteiger partial charge in [-0.3, -0.25) is 9.59 Å². The molecule has 3 N–H and O–H groups in total. The summed E-state index contributed by atoms with van der Waals surface area (Å²) in [5.74, 6) is -0.474. The summed E-state index contributed by atoms with van der Waals surface area (Å²) < 4.78 is 5.95. The van der Waals surface area contributed by atoms with Crippen molar-refractivity contribution in [2.24, 2.45) is 0 Å². The summed E-state index contributed by atoms with van der Waals surface area (Å²) in [7, 11) is 0. The maximum absolute atomic E-state index is 13.2. The van der Waals surface area contributed by atoms with E-state index in [0.717, 1.165) is 64.2 Å². The molecule has 6 heteroatoms. The average molecular weight is 901 g/mol. The molecule has 0 spiro atoms. The number of aliphatic hydroxyl groups excluding tert-OH is 2. The number of hydrogen-bond donors (Lipinski definition) is 3. The Morgan fingerprint density at radius 3 is 1.23 bits per heavy atom. The topological polar surface area (TPSA) is 95.9 Å². The molecule has 0 heterocycles. The summed E-state index contributed by atoms with van der Waals surface area (Å²) >= 11 is 0. The Balaban J connectivity index is 4.48. The number of rotatable bonds is 51. The summed E-state index contributed by atoms with van der Waals surface area (Å²) in [5.41, 5.74) is 0. The van der Waals surface area contributed by atoms with E-state index in [4.69, 9.17) is 4.74 Å². The summed E-state index contributed by atoms with van der Waals surface area (Å²) in [6, 6.07) is -0.701. The molecule has 0 aliphatic carbocycles. The first-order chi connectivity index (χ1) is 31.5. The smallest absolute Gasteiger partial charge is 0.306 e. The molecule has 0 aromatic carbocycles. The van der Waals surface area contributed by atoms with Crippen LogP contribution in [0.25, 0.3) is 0 Å². The third kappa shape index (κ3) is 46.6. The molecule has 0 aliphatic heterocycles. The van der Waals surface area contributed by atoms with Gasteiger partial charge in [-0.1, -0.05) is 256 Å². The second kappa shape index (κ2) is 52.1. The average Bonchev–Trinajstić information content (AvgIpc) is 3.29. The first kappa shape index (κ1) is 62.1. The van der Waals surface area contributed by atoms with E-state index < -0.39 is 18.2 Å². The molecular formula is C58H109NO5. The predicted octanol–water partition coefficient (Wildman–Crippen LogP) is 17.2. The van der Waals surface area contributed by atoms with Crippen LogP contribution in [0.15, 0.2) is 36.5 Å². The zero-order valence-electron chi connectivity index (χ0n) is 42.9.